The van der Waals surface area contributed by atoms with Gasteiger partial charge >= 0.3 is 6.36 Å². The maximum atomic E-state index is 12.2. The summed E-state index contributed by atoms with van der Waals surface area (Å²) >= 11 is 0. The lowest BCUT2D eigenvalue weighted by Crippen LogP contribution is -2.16. The molecule has 2 aromatic rings. The first-order valence-corrected chi connectivity index (χ1v) is 7.73. The molecule has 0 N–H and O–H groups in total. The minimum atomic E-state index is -4.72. The molecule has 0 unspecified atom stereocenters. The van der Waals surface area contributed by atoms with E-state index in [1.165, 1.54) is 30.3 Å². The Morgan fingerprint density at radius 3 is 1.96 bits per heavy atom. The Labute approximate surface area is 144 Å². The van der Waals surface area contributed by atoms with Gasteiger partial charge in [0.15, 0.2) is 5.78 Å². The fourth-order valence-corrected chi connectivity index (χ4v) is 2.18. The van der Waals surface area contributed by atoms with Crippen molar-refractivity contribution < 1.29 is 22.7 Å². The molecule has 0 atom stereocenters. The first kappa shape index (κ1) is 18.8. The largest absolute Gasteiger partial charge is 0.573 e. The van der Waals surface area contributed by atoms with Crippen LogP contribution in [0.25, 0.3) is 6.08 Å². The lowest BCUT2D eigenvalue weighted by Gasteiger charge is -2.18. The molecule has 5 heteroatoms. The van der Waals surface area contributed by atoms with Crippen LogP contribution in [0.2, 0.25) is 0 Å². The van der Waals surface area contributed by atoms with Crippen LogP contribution in [0, 0.1) is 0 Å². The molecule has 2 aromatic carbocycles. The van der Waals surface area contributed by atoms with Gasteiger partial charge in [-0.2, -0.15) is 0 Å². The third-order valence-corrected chi connectivity index (χ3v) is 3.58. The van der Waals surface area contributed by atoms with Gasteiger partial charge in [0.1, 0.15) is 5.75 Å². The highest BCUT2D eigenvalue weighted by Crippen LogP contribution is 2.24. The molecule has 0 spiro atoms. The van der Waals surface area contributed by atoms with Crippen LogP contribution in [-0.4, -0.2) is 12.1 Å². The SMILES string of the molecule is CC(C)(C)c1ccc(C(=O)C=Cc2ccc(OC(F)(F)F)cc2)cc1. The number of benzene rings is 2. The topological polar surface area (TPSA) is 26.3 Å². The van der Waals surface area contributed by atoms with Gasteiger partial charge in [-0.25, -0.2) is 0 Å². The van der Waals surface area contributed by atoms with Gasteiger partial charge in [-0.05, 0) is 34.8 Å². The van der Waals surface area contributed by atoms with Crippen molar-refractivity contribution in [2.24, 2.45) is 0 Å². The Bertz CT molecular complexity index is 750. The Morgan fingerprint density at radius 2 is 1.48 bits per heavy atom. The number of carbonyl (C=O) groups excluding carboxylic acids is 1. The molecule has 0 fully saturated rings. The summed E-state index contributed by atoms with van der Waals surface area (Å²) in [6.45, 7) is 6.28. The van der Waals surface area contributed by atoms with Crippen LogP contribution in [0.3, 0.4) is 0 Å². The van der Waals surface area contributed by atoms with E-state index in [2.05, 4.69) is 25.5 Å². The average molecular weight is 348 g/mol. The summed E-state index contributed by atoms with van der Waals surface area (Å²) in [5.74, 6) is -0.468. The molecule has 2 nitrogen and oxygen atoms in total. The molecule has 132 valence electrons. The molecule has 0 amide bonds. The monoisotopic (exact) mass is 348 g/mol. The highest BCUT2D eigenvalue weighted by molar-refractivity contribution is 6.06. The van der Waals surface area contributed by atoms with E-state index in [0.717, 1.165) is 5.56 Å². The number of hydrogen-bond donors (Lipinski definition) is 0. The molecule has 0 aliphatic rings. The van der Waals surface area contributed by atoms with E-state index >= 15 is 0 Å². The van der Waals surface area contributed by atoms with Gasteiger partial charge < -0.3 is 4.74 Å². The molecule has 0 heterocycles. The zero-order valence-electron chi connectivity index (χ0n) is 14.2. The third-order valence-electron chi connectivity index (χ3n) is 3.58. The predicted octanol–water partition coefficient (Wildman–Crippen LogP) is 5.78. The van der Waals surface area contributed by atoms with Crippen molar-refractivity contribution >= 4 is 11.9 Å². The van der Waals surface area contributed by atoms with Crippen LogP contribution in [0.4, 0.5) is 13.2 Å². The van der Waals surface area contributed by atoms with Crippen molar-refractivity contribution in [3.8, 4) is 5.75 Å². The van der Waals surface area contributed by atoms with Crippen molar-refractivity contribution in [3.63, 3.8) is 0 Å². The van der Waals surface area contributed by atoms with E-state index in [0.29, 0.717) is 11.1 Å². The number of carbonyl (C=O) groups is 1. The quantitative estimate of drug-likeness (QED) is 0.517. The molecule has 0 saturated carbocycles. The molecule has 25 heavy (non-hydrogen) atoms. The number of ketones is 1. The number of alkyl halides is 3. The van der Waals surface area contributed by atoms with Crippen molar-refractivity contribution in [1.29, 1.82) is 0 Å². The zero-order chi connectivity index (χ0) is 18.7. The lowest BCUT2D eigenvalue weighted by molar-refractivity contribution is -0.274. The Hall–Kier alpha value is -2.56. The minimum absolute atomic E-state index is 0.0116. The standard InChI is InChI=1S/C20H19F3O2/c1-19(2,3)16-9-7-15(8-10-16)18(24)13-6-14-4-11-17(12-5-14)25-20(21,22)23/h4-13H,1-3H3. The fourth-order valence-electron chi connectivity index (χ4n) is 2.18. The number of halogens is 3. The van der Waals surface area contributed by atoms with Gasteiger partial charge in [0.05, 0.1) is 0 Å². The summed E-state index contributed by atoms with van der Waals surface area (Å²) in [4.78, 5) is 12.2. The molecule has 0 saturated heterocycles. The van der Waals surface area contributed by atoms with Crippen LogP contribution >= 0.6 is 0 Å². The Balaban J connectivity index is 2.05. The average Bonchev–Trinajstić information content (AvgIpc) is 2.52. The first-order valence-electron chi connectivity index (χ1n) is 7.73. The van der Waals surface area contributed by atoms with Crippen LogP contribution in [0.1, 0.15) is 42.3 Å². The van der Waals surface area contributed by atoms with Gasteiger partial charge in [-0.3, -0.25) is 4.79 Å². The van der Waals surface area contributed by atoms with Crippen LogP contribution < -0.4 is 4.74 Å². The van der Waals surface area contributed by atoms with Crippen LogP contribution in [0.5, 0.6) is 5.75 Å². The summed E-state index contributed by atoms with van der Waals surface area (Å²) in [5.41, 5.74) is 2.31. The lowest BCUT2D eigenvalue weighted by atomic mass is 9.86. The van der Waals surface area contributed by atoms with E-state index in [1.807, 2.05) is 12.1 Å². The van der Waals surface area contributed by atoms with E-state index in [9.17, 15) is 18.0 Å². The van der Waals surface area contributed by atoms with Crippen molar-refractivity contribution in [2.45, 2.75) is 32.5 Å². The number of hydrogen-bond acceptors (Lipinski definition) is 2. The van der Waals surface area contributed by atoms with Crippen LogP contribution in [-0.2, 0) is 5.41 Å². The van der Waals surface area contributed by atoms with E-state index in [-0.39, 0.29) is 16.9 Å². The van der Waals surface area contributed by atoms with Gasteiger partial charge in [0.2, 0.25) is 0 Å². The van der Waals surface area contributed by atoms with Crippen LogP contribution in [0.15, 0.2) is 54.6 Å². The summed E-state index contributed by atoms with van der Waals surface area (Å²) in [7, 11) is 0. The summed E-state index contributed by atoms with van der Waals surface area (Å²) < 4.78 is 40.1. The minimum Gasteiger partial charge on any atom is -0.406 e. The zero-order valence-corrected chi connectivity index (χ0v) is 14.2. The molecule has 0 bridgehead atoms. The van der Waals surface area contributed by atoms with Crippen molar-refractivity contribution in [1.82, 2.24) is 0 Å². The number of ether oxygens (including phenoxy) is 1. The molecular formula is C20H19F3O2. The number of rotatable bonds is 4. The molecule has 0 aliphatic carbocycles. The van der Waals surface area contributed by atoms with Gasteiger partial charge in [-0.1, -0.05) is 63.2 Å². The highest BCUT2D eigenvalue weighted by Gasteiger charge is 2.30. The molecule has 0 aromatic heterocycles. The predicted molar refractivity (Wildman–Crippen MR) is 91.6 cm³/mol. The van der Waals surface area contributed by atoms with Gasteiger partial charge in [0.25, 0.3) is 0 Å². The third kappa shape index (κ3) is 5.78. The second kappa shape index (κ2) is 7.13. The van der Waals surface area contributed by atoms with Gasteiger partial charge in [-0.15, -0.1) is 13.2 Å². The maximum absolute atomic E-state index is 12.2. The Kier molecular flexibility index (Phi) is 5.36. The summed E-state index contributed by atoms with van der Waals surface area (Å²) in [6, 6.07) is 12.7. The number of allylic oxidation sites excluding steroid dienone is 1. The van der Waals surface area contributed by atoms with Gasteiger partial charge in [0, 0.05) is 5.56 Å². The second-order valence-electron chi connectivity index (χ2n) is 6.64. The molecule has 0 radical (unpaired) electrons. The molecule has 0 aliphatic heterocycles. The maximum Gasteiger partial charge on any atom is 0.573 e. The normalized spacial score (nSPS) is 12.4. The van der Waals surface area contributed by atoms with E-state index in [1.54, 1.807) is 18.2 Å². The molecular weight excluding hydrogens is 329 g/mol. The highest BCUT2D eigenvalue weighted by atomic mass is 19.4. The summed E-state index contributed by atoms with van der Waals surface area (Å²) in [5, 5.41) is 0. The fraction of sp³-hybridized carbons (Fsp3) is 0.250. The first-order chi connectivity index (χ1) is 11.5. The summed E-state index contributed by atoms with van der Waals surface area (Å²) in [6.07, 6.45) is -1.77. The van der Waals surface area contributed by atoms with E-state index < -0.39 is 6.36 Å². The van der Waals surface area contributed by atoms with E-state index in [4.69, 9.17) is 0 Å². The van der Waals surface area contributed by atoms with Crippen molar-refractivity contribution in [3.05, 3.63) is 71.3 Å². The second-order valence-corrected chi connectivity index (χ2v) is 6.64. The Morgan fingerprint density at radius 1 is 0.920 bits per heavy atom. The molecule has 2 rings (SSSR count). The smallest absolute Gasteiger partial charge is 0.406 e. The van der Waals surface area contributed by atoms with Crippen molar-refractivity contribution in [2.75, 3.05) is 0 Å².